The van der Waals surface area contributed by atoms with Gasteiger partial charge in [0.25, 0.3) is 0 Å². The van der Waals surface area contributed by atoms with Gasteiger partial charge >= 0.3 is 0 Å². The zero-order valence-electron chi connectivity index (χ0n) is 25.2. The summed E-state index contributed by atoms with van der Waals surface area (Å²) >= 11 is 0. The number of hydrogen-bond acceptors (Lipinski definition) is 8. The minimum absolute atomic E-state index is 0.133. The van der Waals surface area contributed by atoms with Crippen molar-refractivity contribution in [3.05, 3.63) is 66.8 Å². The Balaban J connectivity index is 1.37. The number of hydrogen-bond donors (Lipinski definition) is 4. The molecule has 0 aliphatic heterocycles. The third-order valence-corrected chi connectivity index (χ3v) is 7.14. The molecule has 4 N–H and O–H groups in total. The van der Waals surface area contributed by atoms with Crippen LogP contribution in [0.3, 0.4) is 0 Å². The first kappa shape index (κ1) is 29.8. The molecule has 0 bridgehead atoms. The third-order valence-electron chi connectivity index (χ3n) is 7.14. The lowest BCUT2D eigenvalue weighted by molar-refractivity contribution is -0.116. The Morgan fingerprint density at radius 1 is 1.02 bits per heavy atom. The van der Waals surface area contributed by atoms with Crippen molar-refractivity contribution in [2.75, 3.05) is 37.8 Å². The molecule has 5 aromatic heterocycles. The molecule has 1 amide bonds. The molecule has 6 rings (SSSR count). The van der Waals surface area contributed by atoms with Crippen LogP contribution in [0.15, 0.2) is 55.1 Å². The van der Waals surface area contributed by atoms with E-state index in [9.17, 15) is 9.18 Å². The van der Waals surface area contributed by atoms with Crippen LogP contribution in [0.25, 0.3) is 56.0 Å². The smallest absolute Gasteiger partial charge is 0.224 e. The fourth-order valence-electron chi connectivity index (χ4n) is 5.08. The summed E-state index contributed by atoms with van der Waals surface area (Å²) in [5, 5.41) is 13.3. The number of imidazole rings is 1. The normalized spacial score (nSPS) is 11.6. The first-order valence-electron chi connectivity index (χ1n) is 14.5. The second-order valence-corrected chi connectivity index (χ2v) is 11.5. The van der Waals surface area contributed by atoms with Gasteiger partial charge in [-0.1, -0.05) is 13.8 Å². The summed E-state index contributed by atoms with van der Waals surface area (Å²) in [5.41, 5.74) is 4.28. The number of amides is 1. The number of likely N-dealkylation sites (N-methyl/N-ethyl adjacent to an activating group) is 1. The number of pyridine rings is 3. The number of nitrogens with one attached hydrogen (secondary N) is 4. The van der Waals surface area contributed by atoms with E-state index >= 15 is 4.39 Å². The molecule has 0 atom stereocenters. The minimum Gasteiger partial charge on any atom is -0.384 e. The van der Waals surface area contributed by atoms with Crippen LogP contribution in [0.1, 0.15) is 20.3 Å². The van der Waals surface area contributed by atoms with Crippen LogP contribution in [-0.4, -0.2) is 73.1 Å². The Hall–Kier alpha value is -5.30. The van der Waals surface area contributed by atoms with Crippen LogP contribution in [0.5, 0.6) is 0 Å². The van der Waals surface area contributed by atoms with Crippen LogP contribution in [-0.2, 0) is 4.79 Å². The van der Waals surface area contributed by atoms with Crippen molar-refractivity contribution in [3.8, 4) is 33.9 Å². The Morgan fingerprint density at radius 3 is 2.64 bits per heavy atom. The van der Waals surface area contributed by atoms with Crippen molar-refractivity contribution >= 4 is 39.3 Å². The van der Waals surface area contributed by atoms with Crippen molar-refractivity contribution in [1.29, 1.82) is 0 Å². The van der Waals surface area contributed by atoms with Crippen molar-refractivity contribution in [2.24, 2.45) is 5.92 Å². The predicted octanol–water partition coefficient (Wildman–Crippen LogP) is 5.86. The highest BCUT2D eigenvalue weighted by Gasteiger charge is 2.22. The van der Waals surface area contributed by atoms with Gasteiger partial charge in [-0.25, -0.2) is 18.7 Å². The molecule has 11 nitrogen and oxygen atoms in total. The van der Waals surface area contributed by atoms with E-state index in [1.54, 1.807) is 18.3 Å². The predicted molar refractivity (Wildman–Crippen MR) is 170 cm³/mol. The van der Waals surface area contributed by atoms with Crippen LogP contribution in [0, 0.1) is 17.6 Å². The molecule has 0 spiro atoms. The maximum atomic E-state index is 16.2. The molecule has 6 aromatic rings. The maximum Gasteiger partial charge on any atom is 0.224 e. The minimum atomic E-state index is -0.575. The number of halogens is 2. The van der Waals surface area contributed by atoms with Crippen molar-refractivity contribution < 1.29 is 13.6 Å². The van der Waals surface area contributed by atoms with Crippen molar-refractivity contribution in [2.45, 2.75) is 20.3 Å². The Morgan fingerprint density at radius 2 is 1.84 bits per heavy atom. The van der Waals surface area contributed by atoms with E-state index in [4.69, 9.17) is 4.98 Å². The molecular weight excluding hydrogens is 578 g/mol. The fourth-order valence-corrected chi connectivity index (χ4v) is 5.08. The van der Waals surface area contributed by atoms with E-state index in [0.717, 1.165) is 6.54 Å². The number of aromatic nitrogens is 7. The average Bonchev–Trinajstić information content (AvgIpc) is 3.61. The quantitative estimate of drug-likeness (QED) is 0.151. The van der Waals surface area contributed by atoms with Crippen molar-refractivity contribution in [3.63, 3.8) is 0 Å². The topological polar surface area (TPSA) is 140 Å². The lowest BCUT2D eigenvalue weighted by Gasteiger charge is -2.12. The van der Waals surface area contributed by atoms with Crippen LogP contribution < -0.4 is 10.6 Å². The second-order valence-electron chi connectivity index (χ2n) is 11.5. The SMILES string of the molecule is CC(C)CC(=O)Nc1cncc(-c2cnc3n[nH]c(-c4nc5c(-c6cc(F)cc(NCCN(C)C)c6)nccc5[nH]4)c3c2F)c1. The Bertz CT molecular complexity index is 2020. The number of H-pyrrole nitrogens is 2. The first-order chi connectivity index (χ1) is 21.7. The zero-order chi connectivity index (χ0) is 31.7. The fraction of sp³-hybridized carbons (Fsp3) is 0.250. The molecule has 0 fully saturated rings. The number of anilines is 2. The van der Waals surface area contributed by atoms with Gasteiger partial charge in [-0.2, -0.15) is 5.10 Å². The highest BCUT2D eigenvalue weighted by atomic mass is 19.1. The van der Waals surface area contributed by atoms with Gasteiger partial charge < -0.3 is 20.5 Å². The van der Waals surface area contributed by atoms with Gasteiger partial charge in [0.2, 0.25) is 5.91 Å². The maximum absolute atomic E-state index is 16.2. The lowest BCUT2D eigenvalue weighted by atomic mass is 10.1. The molecule has 1 aromatic carbocycles. The number of aromatic amines is 2. The Labute approximate surface area is 257 Å². The molecule has 0 saturated carbocycles. The monoisotopic (exact) mass is 610 g/mol. The standard InChI is InChI=1S/C32H32F2N10O/c1-17(2)9-25(45)39-22-12-19(14-35-15-22)23-16-38-31-26(27(23)34)30(42-43-31)32-40-24-5-6-37-28(29(24)41-32)18-10-20(33)13-21(11-18)36-7-8-44(3)4/h5-6,10-17,36H,7-9H2,1-4H3,(H,39,45)(H,40,41)(H,38,42,43). The van der Waals surface area contributed by atoms with Crippen LogP contribution in [0.2, 0.25) is 0 Å². The van der Waals surface area contributed by atoms with E-state index in [1.807, 2.05) is 38.9 Å². The first-order valence-corrected chi connectivity index (χ1v) is 14.5. The highest BCUT2D eigenvalue weighted by Crippen LogP contribution is 2.35. The highest BCUT2D eigenvalue weighted by molar-refractivity contribution is 5.97. The molecule has 13 heteroatoms. The number of fused-ring (bicyclic) bond motifs is 2. The summed E-state index contributed by atoms with van der Waals surface area (Å²) in [6, 6.07) is 8.06. The number of nitrogens with zero attached hydrogens (tertiary/aromatic N) is 6. The van der Waals surface area contributed by atoms with Crippen LogP contribution >= 0.6 is 0 Å². The van der Waals surface area contributed by atoms with Gasteiger partial charge in [-0.05, 0) is 50.3 Å². The number of rotatable bonds is 10. The molecule has 0 aliphatic rings. The number of benzene rings is 1. The molecule has 0 saturated heterocycles. The van der Waals surface area contributed by atoms with Gasteiger partial charge in [0, 0.05) is 60.5 Å². The number of carbonyl (C=O) groups excluding carboxylic acids is 1. The molecule has 5 heterocycles. The molecule has 230 valence electrons. The molecule has 0 unspecified atom stereocenters. The van der Waals surface area contributed by atoms with Gasteiger partial charge in [0.15, 0.2) is 11.5 Å². The zero-order valence-corrected chi connectivity index (χ0v) is 25.2. The van der Waals surface area contributed by atoms with Crippen LogP contribution in [0.4, 0.5) is 20.2 Å². The van der Waals surface area contributed by atoms with Gasteiger partial charge in [-0.15, -0.1) is 0 Å². The van der Waals surface area contributed by atoms with Gasteiger partial charge in [-0.3, -0.25) is 19.9 Å². The molecular formula is C32H32F2N10O. The summed E-state index contributed by atoms with van der Waals surface area (Å²) in [7, 11) is 3.94. The van der Waals surface area contributed by atoms with E-state index < -0.39 is 11.6 Å². The average molecular weight is 611 g/mol. The summed E-state index contributed by atoms with van der Waals surface area (Å²) < 4.78 is 30.9. The Kier molecular flexibility index (Phi) is 8.18. The number of carbonyl (C=O) groups is 1. The molecule has 0 radical (unpaired) electrons. The van der Waals surface area contributed by atoms with Gasteiger partial charge in [0.05, 0.1) is 28.5 Å². The van der Waals surface area contributed by atoms with E-state index in [2.05, 4.69) is 40.8 Å². The summed E-state index contributed by atoms with van der Waals surface area (Å²) in [5.74, 6) is -0.630. The summed E-state index contributed by atoms with van der Waals surface area (Å²) in [6.07, 6.45) is 6.36. The molecule has 45 heavy (non-hydrogen) atoms. The van der Waals surface area contributed by atoms with E-state index in [-0.39, 0.29) is 28.4 Å². The summed E-state index contributed by atoms with van der Waals surface area (Å²) in [6.45, 7) is 5.33. The third kappa shape index (κ3) is 6.34. The lowest BCUT2D eigenvalue weighted by Crippen LogP contribution is -2.20. The second kappa shape index (κ2) is 12.4. The van der Waals surface area contributed by atoms with Crippen molar-refractivity contribution in [1.82, 2.24) is 40.0 Å². The van der Waals surface area contributed by atoms with E-state index in [1.165, 1.54) is 30.7 Å². The molecule has 0 aliphatic carbocycles. The summed E-state index contributed by atoms with van der Waals surface area (Å²) in [4.78, 5) is 35.4. The van der Waals surface area contributed by atoms with Gasteiger partial charge in [0.1, 0.15) is 22.8 Å². The van der Waals surface area contributed by atoms with E-state index in [0.29, 0.717) is 63.7 Å². The largest absolute Gasteiger partial charge is 0.384 e.